The number of rotatable bonds is 6. The van der Waals surface area contributed by atoms with Crippen molar-refractivity contribution in [2.24, 2.45) is 0 Å². The van der Waals surface area contributed by atoms with Crippen molar-refractivity contribution in [3.05, 3.63) is 41.0 Å². The second-order valence-electron chi connectivity index (χ2n) is 5.28. The first-order valence-corrected chi connectivity index (χ1v) is 14.2. The highest BCUT2D eigenvalue weighted by Gasteiger charge is 2.20. The van der Waals surface area contributed by atoms with Crippen LogP contribution in [-0.4, -0.2) is 34.2 Å². The highest BCUT2D eigenvalue weighted by Crippen LogP contribution is 2.33. The second kappa shape index (κ2) is 10.2. The molecule has 0 unspecified atom stereocenters. The molecule has 0 atom stereocenters. The van der Waals surface area contributed by atoms with Gasteiger partial charge in [-0.2, -0.15) is 15.3 Å². The van der Waals surface area contributed by atoms with Gasteiger partial charge in [0.2, 0.25) is 0 Å². The van der Waals surface area contributed by atoms with Crippen LogP contribution in [0.25, 0.3) is 0 Å². The minimum absolute atomic E-state index is 0.480. The number of hydrogen-bond donors (Lipinski definition) is 0. The molecule has 0 aliphatic heterocycles. The zero-order chi connectivity index (χ0) is 20.7. The average Bonchev–Trinajstić information content (AvgIpc) is 3.14. The van der Waals surface area contributed by atoms with Crippen LogP contribution in [0, 0.1) is 0 Å². The van der Waals surface area contributed by atoms with Gasteiger partial charge in [-0.3, -0.25) is 0 Å². The summed E-state index contributed by atoms with van der Waals surface area (Å²) in [7, 11) is 0. The van der Waals surface area contributed by atoms with Crippen LogP contribution < -0.4 is 0 Å². The standard InChI is InChI=1S/C12H6Br9N7/c13-4-7(16)22-26(10(4)19)1-25(2-27-11(20)5(14)8(17)23-27)3-28-12(21)6(15)9(18)24-28/h1-3H2. The van der Waals surface area contributed by atoms with E-state index < -0.39 is 0 Å². The Morgan fingerprint density at radius 2 is 0.750 bits per heavy atom. The lowest BCUT2D eigenvalue weighted by molar-refractivity contribution is 0.102. The molecule has 0 spiro atoms. The van der Waals surface area contributed by atoms with Gasteiger partial charge in [-0.15, -0.1) is 0 Å². The van der Waals surface area contributed by atoms with Gasteiger partial charge in [0.1, 0.15) is 27.6 Å². The molecule has 3 aromatic rings. The Morgan fingerprint density at radius 1 is 0.500 bits per heavy atom. The van der Waals surface area contributed by atoms with Gasteiger partial charge in [0.15, 0.2) is 0 Å². The van der Waals surface area contributed by atoms with E-state index in [1.54, 1.807) is 0 Å². The molecule has 28 heavy (non-hydrogen) atoms. The van der Waals surface area contributed by atoms with Gasteiger partial charge < -0.3 is 0 Å². The van der Waals surface area contributed by atoms with Crippen molar-refractivity contribution in [1.29, 1.82) is 0 Å². The maximum atomic E-state index is 4.50. The first-order chi connectivity index (χ1) is 13.1. The van der Waals surface area contributed by atoms with E-state index in [4.69, 9.17) is 0 Å². The molecule has 152 valence electrons. The van der Waals surface area contributed by atoms with E-state index in [0.717, 1.165) is 41.0 Å². The van der Waals surface area contributed by atoms with Crippen LogP contribution in [0.5, 0.6) is 0 Å². The fourth-order valence-corrected chi connectivity index (χ4v) is 6.09. The molecule has 0 saturated carbocycles. The predicted molar refractivity (Wildman–Crippen MR) is 138 cm³/mol. The SMILES string of the molecule is Brc1nn(CN(Cn2nc(Br)c(Br)c2Br)Cn2nc(Br)c(Br)c2Br)c(Br)c1Br. The molecule has 3 rings (SSSR count). The molecule has 0 aliphatic carbocycles. The Morgan fingerprint density at radius 3 is 0.929 bits per heavy atom. The van der Waals surface area contributed by atoms with Crippen molar-refractivity contribution < 1.29 is 0 Å². The molecular weight excluding hydrogens is 961 g/mol. The van der Waals surface area contributed by atoms with E-state index in [1.165, 1.54) is 0 Å². The summed E-state index contributed by atoms with van der Waals surface area (Å²) in [5, 5.41) is 13.5. The molecule has 16 heteroatoms. The monoisotopic (exact) mass is 958 g/mol. The predicted octanol–water partition coefficient (Wildman–Crippen LogP) is 7.71. The van der Waals surface area contributed by atoms with Crippen LogP contribution in [0.3, 0.4) is 0 Å². The smallest absolute Gasteiger partial charge is 0.143 e. The molecule has 0 saturated heterocycles. The molecule has 3 aromatic heterocycles. The summed E-state index contributed by atoms with van der Waals surface area (Å²) < 4.78 is 12.7. The maximum absolute atomic E-state index is 4.50. The Labute approximate surface area is 235 Å². The first kappa shape index (κ1) is 24.6. The van der Waals surface area contributed by atoms with Crippen LogP contribution in [0.1, 0.15) is 0 Å². The molecule has 0 aliphatic rings. The topological polar surface area (TPSA) is 56.7 Å². The summed E-state index contributed by atoms with van der Waals surface area (Å²) in [4.78, 5) is 2.11. The van der Waals surface area contributed by atoms with Gasteiger partial charge in [-0.1, -0.05) is 0 Å². The van der Waals surface area contributed by atoms with Crippen molar-refractivity contribution in [3.63, 3.8) is 0 Å². The van der Waals surface area contributed by atoms with Crippen molar-refractivity contribution in [2.45, 2.75) is 20.0 Å². The largest absolute Gasteiger partial charge is 0.245 e. The fraction of sp³-hybridized carbons (Fsp3) is 0.250. The van der Waals surface area contributed by atoms with E-state index in [0.29, 0.717) is 20.0 Å². The van der Waals surface area contributed by atoms with Gasteiger partial charge in [0, 0.05) is 0 Å². The molecule has 0 fully saturated rings. The maximum Gasteiger partial charge on any atom is 0.143 e. The minimum Gasteiger partial charge on any atom is -0.245 e. The van der Waals surface area contributed by atoms with Crippen LogP contribution in [0.15, 0.2) is 41.0 Å². The minimum atomic E-state index is 0.480. The molecule has 0 radical (unpaired) electrons. The molecule has 0 bridgehead atoms. The number of nitrogens with zero attached hydrogens (tertiary/aromatic N) is 7. The summed E-state index contributed by atoms with van der Waals surface area (Å²) in [6.45, 7) is 1.44. The fourth-order valence-electron chi connectivity index (χ4n) is 2.16. The van der Waals surface area contributed by atoms with Gasteiger partial charge >= 0.3 is 0 Å². The normalized spacial score (nSPS) is 11.8. The van der Waals surface area contributed by atoms with Gasteiger partial charge in [0.25, 0.3) is 0 Å². The van der Waals surface area contributed by atoms with Crippen molar-refractivity contribution in [3.8, 4) is 0 Å². The van der Waals surface area contributed by atoms with Gasteiger partial charge in [-0.05, 0) is 143 Å². The van der Waals surface area contributed by atoms with E-state index in [9.17, 15) is 0 Å². The molecule has 3 heterocycles. The summed E-state index contributed by atoms with van der Waals surface area (Å²) in [5.74, 6) is 0. The molecule has 0 N–H and O–H groups in total. The van der Waals surface area contributed by atoms with Crippen molar-refractivity contribution >= 4 is 143 Å². The zero-order valence-electron chi connectivity index (χ0n) is 13.2. The number of aromatic nitrogens is 6. The average molecular weight is 967 g/mol. The highest BCUT2D eigenvalue weighted by molar-refractivity contribution is 9.15. The highest BCUT2D eigenvalue weighted by atomic mass is 79.9. The lowest BCUT2D eigenvalue weighted by Crippen LogP contribution is -2.32. The van der Waals surface area contributed by atoms with Crippen LogP contribution in [0.2, 0.25) is 0 Å². The Hall–Kier alpha value is 1.91. The summed E-state index contributed by atoms with van der Waals surface area (Å²) in [6.07, 6.45) is 0. The Bertz CT molecular complexity index is 895. The second-order valence-corrected chi connectivity index (χ2v) is 12.2. The third-order valence-corrected chi connectivity index (χ3v) is 12.9. The zero-order valence-corrected chi connectivity index (χ0v) is 27.4. The van der Waals surface area contributed by atoms with Crippen LogP contribution in [0.4, 0.5) is 0 Å². The van der Waals surface area contributed by atoms with Crippen LogP contribution in [-0.2, 0) is 20.0 Å². The third-order valence-electron chi connectivity index (χ3n) is 3.39. The van der Waals surface area contributed by atoms with E-state index in [2.05, 4.69) is 164 Å². The Kier molecular flexibility index (Phi) is 8.97. The molecular formula is C12H6Br9N7. The van der Waals surface area contributed by atoms with Crippen LogP contribution >= 0.6 is 143 Å². The van der Waals surface area contributed by atoms with E-state index >= 15 is 0 Å². The summed E-state index contributed by atoms with van der Waals surface area (Å²) >= 11 is 31.5. The molecule has 7 nitrogen and oxygen atoms in total. The summed E-state index contributed by atoms with van der Waals surface area (Å²) in [6, 6.07) is 0. The number of halogens is 9. The lowest BCUT2D eigenvalue weighted by Gasteiger charge is -2.23. The Balaban J connectivity index is 1.93. The van der Waals surface area contributed by atoms with E-state index in [-0.39, 0.29) is 0 Å². The number of hydrogen-bond acceptors (Lipinski definition) is 4. The van der Waals surface area contributed by atoms with Crippen molar-refractivity contribution in [1.82, 2.24) is 34.2 Å². The molecule has 0 amide bonds. The summed E-state index contributed by atoms with van der Waals surface area (Å²) in [5.41, 5.74) is 0. The quantitative estimate of drug-likeness (QED) is 0.254. The lowest BCUT2D eigenvalue weighted by atomic mass is 10.7. The van der Waals surface area contributed by atoms with Crippen molar-refractivity contribution in [2.75, 3.05) is 0 Å². The van der Waals surface area contributed by atoms with E-state index in [1.807, 2.05) is 14.0 Å². The third kappa shape index (κ3) is 5.27. The molecule has 0 aromatic carbocycles. The first-order valence-electron chi connectivity index (χ1n) is 7.04. The van der Waals surface area contributed by atoms with Gasteiger partial charge in [0.05, 0.1) is 33.4 Å². The van der Waals surface area contributed by atoms with Gasteiger partial charge in [-0.25, -0.2) is 18.9 Å².